The lowest BCUT2D eigenvalue weighted by Gasteiger charge is -2.16. The average molecular weight is 444 g/mol. The number of pyridine rings is 1. The van der Waals surface area contributed by atoms with Crippen LogP contribution in [0.15, 0.2) is 30.6 Å². The minimum Gasteiger partial charge on any atom is -0.374 e. The monoisotopic (exact) mass is 444 g/mol. The van der Waals surface area contributed by atoms with Gasteiger partial charge in [-0.3, -0.25) is 5.32 Å². The summed E-state index contributed by atoms with van der Waals surface area (Å²) in [5.41, 5.74) is 0.595. The van der Waals surface area contributed by atoms with E-state index in [1.54, 1.807) is 6.20 Å². The van der Waals surface area contributed by atoms with Crippen molar-refractivity contribution in [3.05, 3.63) is 59.3 Å². The summed E-state index contributed by atoms with van der Waals surface area (Å²) in [6, 6.07) is 3.93. The van der Waals surface area contributed by atoms with Crippen LogP contribution in [0.4, 0.5) is 30.6 Å². The van der Waals surface area contributed by atoms with Crippen LogP contribution in [-0.4, -0.2) is 33.1 Å². The van der Waals surface area contributed by atoms with E-state index in [-0.39, 0.29) is 28.3 Å². The summed E-state index contributed by atoms with van der Waals surface area (Å²) >= 11 is 0. The maximum Gasteiger partial charge on any atom is 0.236 e. The molecular weight excluding hydrogens is 421 g/mol. The van der Waals surface area contributed by atoms with Gasteiger partial charge in [-0.15, -0.1) is 0 Å². The smallest absolute Gasteiger partial charge is 0.236 e. The number of aryl methyl sites for hydroxylation is 1. The molecule has 32 heavy (non-hydrogen) atoms. The number of nitrogens with zero attached hydrogens (tertiary/aromatic N) is 3. The first-order valence-corrected chi connectivity index (χ1v) is 10.3. The van der Waals surface area contributed by atoms with E-state index in [9.17, 15) is 18.3 Å². The number of aromatic nitrogens is 3. The van der Waals surface area contributed by atoms with Crippen molar-refractivity contribution in [3.63, 3.8) is 0 Å². The highest BCUT2D eigenvalue weighted by Crippen LogP contribution is 2.31. The summed E-state index contributed by atoms with van der Waals surface area (Å²) < 4.78 is 43.9. The second-order valence-electron chi connectivity index (χ2n) is 7.59. The summed E-state index contributed by atoms with van der Waals surface area (Å²) in [7, 11) is 0. The van der Waals surface area contributed by atoms with Gasteiger partial charge in [0.2, 0.25) is 11.9 Å². The molecule has 1 unspecified atom stereocenters. The third-order valence-electron chi connectivity index (χ3n) is 5.26. The zero-order chi connectivity index (χ0) is 22.7. The molecule has 4 N–H and O–H groups in total. The van der Waals surface area contributed by atoms with Gasteiger partial charge in [-0.2, -0.15) is 9.37 Å². The number of benzene rings is 1. The molecule has 4 heterocycles. The first kappa shape index (κ1) is 22.0. The van der Waals surface area contributed by atoms with Gasteiger partial charge >= 0.3 is 0 Å². The highest BCUT2D eigenvalue weighted by molar-refractivity contribution is 5.69. The van der Waals surface area contributed by atoms with Gasteiger partial charge in [0.25, 0.3) is 0 Å². The molecule has 0 saturated carbocycles. The molecule has 6 bridgehead atoms. The summed E-state index contributed by atoms with van der Waals surface area (Å²) in [4.78, 5) is 12.2. The van der Waals surface area contributed by atoms with Crippen molar-refractivity contribution in [2.75, 3.05) is 23.7 Å². The van der Waals surface area contributed by atoms with Crippen LogP contribution in [0.1, 0.15) is 36.6 Å². The molecule has 168 valence electrons. The number of aliphatic hydroxyl groups is 1. The van der Waals surface area contributed by atoms with Gasteiger partial charge in [0.05, 0.1) is 5.69 Å². The molecular formula is C22H23F3N6O. The third kappa shape index (κ3) is 4.66. The van der Waals surface area contributed by atoms with Gasteiger partial charge in [0.1, 0.15) is 12.0 Å². The predicted octanol–water partition coefficient (Wildman–Crippen LogP) is 4.18. The van der Waals surface area contributed by atoms with E-state index in [0.717, 1.165) is 31.0 Å². The Hall–Kier alpha value is -3.24. The number of hydrogen-bond acceptors (Lipinski definition) is 7. The molecule has 10 heteroatoms. The fourth-order valence-corrected chi connectivity index (χ4v) is 3.47. The summed E-state index contributed by atoms with van der Waals surface area (Å²) in [5.74, 6) is -2.41. The van der Waals surface area contributed by atoms with Crippen molar-refractivity contribution >= 4 is 17.5 Å². The van der Waals surface area contributed by atoms with Crippen LogP contribution in [0.25, 0.3) is 11.1 Å². The van der Waals surface area contributed by atoms with Crippen molar-refractivity contribution in [3.8, 4) is 11.1 Å². The van der Waals surface area contributed by atoms with Crippen LogP contribution >= 0.6 is 0 Å². The van der Waals surface area contributed by atoms with E-state index >= 15 is 0 Å². The zero-order valence-electron chi connectivity index (χ0n) is 17.4. The quantitative estimate of drug-likeness (QED) is 0.386. The Balaban J connectivity index is 1.75. The Labute approximate surface area is 183 Å². The van der Waals surface area contributed by atoms with Gasteiger partial charge in [-0.05, 0) is 32.4 Å². The minimum atomic E-state index is -1.35. The second-order valence-corrected chi connectivity index (χ2v) is 7.59. The molecule has 0 spiro atoms. The van der Waals surface area contributed by atoms with Crippen molar-refractivity contribution in [2.24, 2.45) is 0 Å². The Morgan fingerprint density at radius 2 is 1.81 bits per heavy atom. The van der Waals surface area contributed by atoms with Gasteiger partial charge in [-0.1, -0.05) is 18.6 Å². The van der Waals surface area contributed by atoms with E-state index < -0.39 is 23.8 Å². The fourth-order valence-electron chi connectivity index (χ4n) is 3.47. The highest BCUT2D eigenvalue weighted by atomic mass is 19.2. The lowest BCUT2D eigenvalue weighted by Crippen LogP contribution is -2.23. The van der Waals surface area contributed by atoms with Crippen molar-refractivity contribution in [1.82, 2.24) is 20.3 Å². The number of aliphatic hydroxyl groups excluding tert-OH is 1. The maximum absolute atomic E-state index is 14.8. The lowest BCUT2D eigenvalue weighted by molar-refractivity contribution is 0.133. The second kappa shape index (κ2) is 9.49. The number of fused-ring (bicyclic) bond motifs is 9. The molecule has 1 atom stereocenters. The fraction of sp³-hybridized carbons (Fsp3) is 0.318. The van der Waals surface area contributed by atoms with Crippen molar-refractivity contribution in [2.45, 2.75) is 32.4 Å². The van der Waals surface area contributed by atoms with Gasteiger partial charge in [-0.25, -0.2) is 18.7 Å². The Bertz CT molecular complexity index is 1130. The molecule has 0 fully saturated rings. The topological polar surface area (TPSA) is 95.0 Å². The van der Waals surface area contributed by atoms with E-state index in [4.69, 9.17) is 0 Å². The molecule has 0 aliphatic carbocycles. The summed E-state index contributed by atoms with van der Waals surface area (Å²) in [6.07, 6.45) is 3.80. The Morgan fingerprint density at radius 3 is 2.66 bits per heavy atom. The molecule has 1 aromatic carbocycles. The SMILES string of the molecule is Cc1cnc2nc1NCCCCCNC(O)c1ccc(c(F)c1F)-c1cnc(F)c(c1)N2. The average Bonchev–Trinajstić information content (AvgIpc) is 2.78. The third-order valence-corrected chi connectivity index (χ3v) is 5.26. The van der Waals surface area contributed by atoms with Crippen LogP contribution in [0.5, 0.6) is 0 Å². The maximum atomic E-state index is 14.8. The first-order valence-electron chi connectivity index (χ1n) is 10.3. The molecule has 3 aromatic rings. The van der Waals surface area contributed by atoms with E-state index in [1.807, 2.05) is 6.92 Å². The number of anilines is 3. The van der Waals surface area contributed by atoms with Gasteiger partial charge in [0, 0.05) is 41.2 Å². The van der Waals surface area contributed by atoms with Gasteiger partial charge in [0.15, 0.2) is 11.6 Å². The highest BCUT2D eigenvalue weighted by Gasteiger charge is 2.20. The Morgan fingerprint density at radius 1 is 1.00 bits per heavy atom. The standard InChI is InChI=1S/C22H23F3N6O/c1-12-10-29-22-30-16-9-13(11-28-19(16)25)14-5-6-15(18(24)17(14)23)21(32)27-8-4-2-3-7-26-20(12)31-22/h5-6,9-11,21,27,32H,2-4,7-8H2,1H3,(H2,26,29,30,31). The van der Waals surface area contributed by atoms with Crippen LogP contribution in [0, 0.1) is 24.5 Å². The normalized spacial score (nSPS) is 17.0. The number of nitrogens with one attached hydrogen (secondary N) is 3. The molecule has 2 aliphatic rings. The molecule has 0 radical (unpaired) electrons. The predicted molar refractivity (Wildman–Crippen MR) is 115 cm³/mol. The number of hydrogen-bond donors (Lipinski definition) is 4. The zero-order valence-corrected chi connectivity index (χ0v) is 17.4. The molecule has 2 aromatic heterocycles. The van der Waals surface area contributed by atoms with Gasteiger partial charge < -0.3 is 15.7 Å². The van der Waals surface area contributed by atoms with Crippen LogP contribution in [-0.2, 0) is 0 Å². The van der Waals surface area contributed by atoms with Crippen LogP contribution in [0.3, 0.4) is 0 Å². The molecule has 0 amide bonds. The van der Waals surface area contributed by atoms with E-state index in [0.29, 0.717) is 18.9 Å². The summed E-state index contributed by atoms with van der Waals surface area (Å²) in [6.45, 7) is 2.96. The lowest BCUT2D eigenvalue weighted by atomic mass is 10.0. The molecule has 0 saturated heterocycles. The molecule has 7 nitrogen and oxygen atoms in total. The first-order chi connectivity index (χ1) is 15.4. The van der Waals surface area contributed by atoms with Crippen molar-refractivity contribution in [1.29, 1.82) is 0 Å². The van der Waals surface area contributed by atoms with E-state index in [1.165, 1.54) is 18.2 Å². The molecule has 2 aliphatic heterocycles. The Kier molecular flexibility index (Phi) is 6.52. The van der Waals surface area contributed by atoms with Crippen LogP contribution in [0.2, 0.25) is 0 Å². The number of halogens is 3. The largest absolute Gasteiger partial charge is 0.374 e. The molecule has 5 rings (SSSR count). The van der Waals surface area contributed by atoms with Crippen molar-refractivity contribution < 1.29 is 18.3 Å². The minimum absolute atomic E-state index is 0.0826. The van der Waals surface area contributed by atoms with E-state index in [2.05, 4.69) is 30.9 Å². The number of rotatable bonds is 0. The van der Waals surface area contributed by atoms with Crippen LogP contribution < -0.4 is 16.0 Å². The summed E-state index contributed by atoms with van der Waals surface area (Å²) in [5, 5.41) is 19.1.